The van der Waals surface area contributed by atoms with E-state index in [2.05, 4.69) is 69.8 Å². The topological polar surface area (TPSA) is 82.7 Å². The number of fused-ring (bicyclic) bond motifs is 1. The summed E-state index contributed by atoms with van der Waals surface area (Å²) >= 11 is 0. The van der Waals surface area contributed by atoms with Crippen molar-refractivity contribution in [2.45, 2.75) is 33.1 Å². The molecule has 4 aromatic rings. The maximum Gasteiger partial charge on any atom is 0.229 e. The van der Waals surface area contributed by atoms with Gasteiger partial charge in [0.15, 0.2) is 0 Å². The highest BCUT2D eigenvalue weighted by Crippen LogP contribution is 2.37. The molecule has 0 aliphatic carbocycles. The van der Waals surface area contributed by atoms with E-state index in [1.807, 2.05) is 31.5 Å². The van der Waals surface area contributed by atoms with Crippen LogP contribution in [0.15, 0.2) is 54.9 Å². The van der Waals surface area contributed by atoms with E-state index in [1.54, 1.807) is 0 Å². The normalized spacial score (nSPS) is 15.9. The van der Waals surface area contributed by atoms with Crippen LogP contribution in [0.3, 0.4) is 0 Å². The van der Waals surface area contributed by atoms with E-state index in [9.17, 15) is 4.79 Å². The van der Waals surface area contributed by atoms with Crippen molar-refractivity contribution in [2.24, 2.45) is 5.92 Å². The zero-order valence-electron chi connectivity index (χ0n) is 19.3. The third-order valence-electron chi connectivity index (χ3n) is 6.38. The third-order valence-corrected chi connectivity index (χ3v) is 6.38. The number of benzene rings is 1. The summed E-state index contributed by atoms with van der Waals surface area (Å²) in [5.41, 5.74) is 7.86. The van der Waals surface area contributed by atoms with Gasteiger partial charge in [-0.2, -0.15) is 0 Å². The first-order chi connectivity index (χ1) is 16.0. The van der Waals surface area contributed by atoms with Gasteiger partial charge in [-0.3, -0.25) is 9.78 Å². The minimum absolute atomic E-state index is 0.0234. The molecule has 3 aromatic heterocycles. The molecule has 1 saturated heterocycles. The van der Waals surface area contributed by atoms with Gasteiger partial charge in [-0.05, 0) is 73.3 Å². The second kappa shape index (κ2) is 8.79. The molecule has 3 N–H and O–H groups in total. The average Bonchev–Trinajstić information content (AvgIpc) is 3.47. The lowest BCUT2D eigenvalue weighted by atomic mass is 9.94. The molecular weight excluding hydrogens is 410 g/mol. The van der Waals surface area contributed by atoms with E-state index in [0.717, 1.165) is 53.1 Å². The Hall–Kier alpha value is -3.51. The molecule has 1 fully saturated rings. The number of hydrogen-bond acceptors (Lipinski definition) is 4. The van der Waals surface area contributed by atoms with Gasteiger partial charge in [-0.15, -0.1) is 0 Å². The number of carbonyl (C=O) groups is 1. The van der Waals surface area contributed by atoms with Crippen LogP contribution in [0.4, 0.5) is 5.82 Å². The second-order valence-electron chi connectivity index (χ2n) is 9.13. The van der Waals surface area contributed by atoms with Gasteiger partial charge in [-0.1, -0.05) is 19.9 Å². The maximum absolute atomic E-state index is 12.4. The van der Waals surface area contributed by atoms with Gasteiger partial charge in [0.25, 0.3) is 0 Å². The fourth-order valence-corrected chi connectivity index (χ4v) is 4.67. The molecule has 0 spiro atoms. The molecule has 6 nitrogen and oxygen atoms in total. The zero-order chi connectivity index (χ0) is 22.9. The summed E-state index contributed by atoms with van der Waals surface area (Å²) in [5.74, 6) is 1.01. The van der Waals surface area contributed by atoms with E-state index in [-0.39, 0.29) is 11.8 Å². The number of H-pyrrole nitrogens is 1. The third kappa shape index (κ3) is 4.26. The highest BCUT2D eigenvalue weighted by molar-refractivity contribution is 5.95. The highest BCUT2D eigenvalue weighted by atomic mass is 16.2. The first kappa shape index (κ1) is 21.3. The fraction of sp³-hybridized carbons (Fsp3) is 0.296. The van der Waals surface area contributed by atoms with Crippen molar-refractivity contribution in [1.29, 1.82) is 0 Å². The van der Waals surface area contributed by atoms with Crippen LogP contribution in [0.2, 0.25) is 0 Å². The van der Waals surface area contributed by atoms with Crippen LogP contribution in [0.1, 0.15) is 37.4 Å². The van der Waals surface area contributed by atoms with Crippen molar-refractivity contribution in [3.05, 3.63) is 66.1 Å². The Morgan fingerprint density at radius 1 is 1.06 bits per heavy atom. The molecule has 1 amide bonds. The molecular formula is C27H29N5O. The molecule has 1 aliphatic heterocycles. The predicted octanol–water partition coefficient (Wildman–Crippen LogP) is 5.27. The molecule has 33 heavy (non-hydrogen) atoms. The van der Waals surface area contributed by atoms with Crippen molar-refractivity contribution >= 4 is 22.6 Å². The van der Waals surface area contributed by atoms with E-state index >= 15 is 0 Å². The van der Waals surface area contributed by atoms with Gasteiger partial charge in [0.2, 0.25) is 5.91 Å². The number of amides is 1. The number of rotatable bonds is 5. The monoisotopic (exact) mass is 439 g/mol. The van der Waals surface area contributed by atoms with Gasteiger partial charge < -0.3 is 15.6 Å². The lowest BCUT2D eigenvalue weighted by molar-refractivity contribution is -0.119. The van der Waals surface area contributed by atoms with Gasteiger partial charge in [-0.25, -0.2) is 4.98 Å². The molecule has 1 aromatic carbocycles. The molecule has 0 radical (unpaired) electrons. The molecule has 0 saturated carbocycles. The summed E-state index contributed by atoms with van der Waals surface area (Å²) in [4.78, 5) is 24.8. The van der Waals surface area contributed by atoms with Crippen LogP contribution in [-0.2, 0) is 4.79 Å². The van der Waals surface area contributed by atoms with Crippen molar-refractivity contribution in [3.63, 3.8) is 0 Å². The van der Waals surface area contributed by atoms with Crippen LogP contribution < -0.4 is 10.6 Å². The molecule has 6 heteroatoms. The van der Waals surface area contributed by atoms with E-state index in [4.69, 9.17) is 0 Å². The van der Waals surface area contributed by atoms with Crippen molar-refractivity contribution in [1.82, 2.24) is 20.3 Å². The quantitative estimate of drug-likeness (QED) is 0.395. The number of aromatic nitrogens is 3. The molecule has 4 heterocycles. The Labute approximate surface area is 193 Å². The first-order valence-corrected chi connectivity index (χ1v) is 11.6. The van der Waals surface area contributed by atoms with E-state index < -0.39 is 0 Å². The Balaban J connectivity index is 1.46. The second-order valence-corrected chi connectivity index (χ2v) is 9.13. The lowest BCUT2D eigenvalue weighted by Crippen LogP contribution is -2.24. The molecule has 1 aliphatic rings. The largest absolute Gasteiger partial charge is 0.354 e. The number of nitrogens with zero attached hydrogens (tertiary/aromatic N) is 2. The zero-order valence-corrected chi connectivity index (χ0v) is 19.3. The van der Waals surface area contributed by atoms with E-state index in [0.29, 0.717) is 11.7 Å². The predicted molar refractivity (Wildman–Crippen MR) is 133 cm³/mol. The SMILES string of the molecule is Cc1cc(-c2[nH]c3ccc(-c4ccc(NC(=O)[C@H]5CCNC5)nc4)cc3c2C(C)C)ccn1. The standard InChI is InChI=1S/C27H29N5O/c1-16(2)25-22-13-18(4-6-23(22)31-26(25)19-9-11-29-17(3)12-19)20-5-7-24(30-15-20)32-27(33)21-8-10-28-14-21/h4-7,9,11-13,15-16,21,28,31H,8,10,14H2,1-3H3,(H,30,32,33)/t21-/m0/s1. The smallest absolute Gasteiger partial charge is 0.229 e. The summed E-state index contributed by atoms with van der Waals surface area (Å²) in [5, 5.41) is 7.39. The molecule has 168 valence electrons. The van der Waals surface area contributed by atoms with Crippen molar-refractivity contribution in [2.75, 3.05) is 18.4 Å². The van der Waals surface area contributed by atoms with Gasteiger partial charge in [0, 0.05) is 46.7 Å². The number of hydrogen-bond donors (Lipinski definition) is 3. The lowest BCUT2D eigenvalue weighted by Gasteiger charge is -2.11. The number of nitrogens with one attached hydrogen (secondary N) is 3. The number of carbonyl (C=O) groups excluding carboxylic acids is 1. The fourth-order valence-electron chi connectivity index (χ4n) is 4.67. The Kier molecular flexibility index (Phi) is 5.68. The maximum atomic E-state index is 12.4. The van der Waals surface area contributed by atoms with Gasteiger partial charge in [0.05, 0.1) is 11.6 Å². The first-order valence-electron chi connectivity index (χ1n) is 11.6. The van der Waals surface area contributed by atoms with Crippen molar-refractivity contribution < 1.29 is 4.79 Å². The van der Waals surface area contributed by atoms with Crippen LogP contribution in [0, 0.1) is 12.8 Å². The summed E-state index contributed by atoms with van der Waals surface area (Å²) < 4.78 is 0. The minimum atomic E-state index is 0.0234. The summed E-state index contributed by atoms with van der Waals surface area (Å²) in [6.45, 7) is 8.10. The molecule has 5 rings (SSSR count). The summed E-state index contributed by atoms with van der Waals surface area (Å²) in [6, 6.07) is 14.6. The highest BCUT2D eigenvalue weighted by Gasteiger charge is 2.22. The van der Waals surface area contributed by atoms with Crippen LogP contribution >= 0.6 is 0 Å². The van der Waals surface area contributed by atoms with Crippen LogP contribution in [-0.4, -0.2) is 33.9 Å². The molecule has 1 atom stereocenters. The minimum Gasteiger partial charge on any atom is -0.354 e. The number of anilines is 1. The van der Waals surface area contributed by atoms with Crippen LogP contribution in [0.5, 0.6) is 0 Å². The number of aryl methyl sites for hydroxylation is 1. The summed E-state index contributed by atoms with van der Waals surface area (Å²) in [7, 11) is 0. The van der Waals surface area contributed by atoms with E-state index in [1.165, 1.54) is 10.9 Å². The number of aromatic amines is 1. The Morgan fingerprint density at radius 3 is 2.61 bits per heavy atom. The molecule has 0 unspecified atom stereocenters. The van der Waals surface area contributed by atoms with Gasteiger partial charge in [0.1, 0.15) is 5.82 Å². The Bertz CT molecular complexity index is 1300. The Morgan fingerprint density at radius 2 is 1.91 bits per heavy atom. The van der Waals surface area contributed by atoms with Crippen molar-refractivity contribution in [3.8, 4) is 22.4 Å². The summed E-state index contributed by atoms with van der Waals surface area (Å²) in [6.07, 6.45) is 4.57. The van der Waals surface area contributed by atoms with Gasteiger partial charge >= 0.3 is 0 Å². The number of pyridine rings is 2. The van der Waals surface area contributed by atoms with Crippen LogP contribution in [0.25, 0.3) is 33.3 Å². The average molecular weight is 440 g/mol. The molecule has 0 bridgehead atoms.